The van der Waals surface area contributed by atoms with Gasteiger partial charge >= 0.3 is 0 Å². The van der Waals surface area contributed by atoms with Gasteiger partial charge in [-0.05, 0) is 97.5 Å². The minimum absolute atomic E-state index is 0.295. The van der Waals surface area contributed by atoms with E-state index in [0.29, 0.717) is 103 Å². The fourth-order valence-corrected chi connectivity index (χ4v) is 8.02. The average molecular weight is 826 g/mol. The van der Waals surface area contributed by atoms with Crippen LogP contribution in [0.25, 0.3) is 32.7 Å². The maximum absolute atomic E-state index is 14.1. The Morgan fingerprint density at radius 2 is 0.879 bits per heavy atom. The maximum Gasteiger partial charge on any atom is 0.255 e. The second kappa shape index (κ2) is 18.2. The number of benzene rings is 6. The van der Waals surface area contributed by atoms with Crippen LogP contribution in [0, 0.1) is 13.8 Å². The van der Waals surface area contributed by atoms with Crippen LogP contribution in [0.3, 0.4) is 0 Å². The number of carbonyl (C=O) groups is 2. The summed E-state index contributed by atoms with van der Waals surface area (Å²) >= 11 is 12.4. The van der Waals surface area contributed by atoms with Gasteiger partial charge in [0.1, 0.15) is 11.5 Å². The first-order chi connectivity index (χ1) is 28.0. The van der Waals surface area contributed by atoms with E-state index >= 15 is 0 Å². The first-order valence-electron chi connectivity index (χ1n) is 18.6. The molecule has 6 aromatic carbocycles. The molecule has 0 aliphatic carbocycles. The minimum atomic E-state index is -0.337. The Kier molecular flexibility index (Phi) is 13.1. The van der Waals surface area contributed by atoms with Crippen molar-refractivity contribution in [2.75, 3.05) is 55.7 Å². The summed E-state index contributed by atoms with van der Waals surface area (Å²) < 4.78 is 35.7. The van der Waals surface area contributed by atoms with Crippen LogP contribution in [0.1, 0.15) is 43.0 Å². The lowest BCUT2D eigenvalue weighted by atomic mass is 9.87. The number of aryl methyl sites for hydroxylation is 2. The summed E-state index contributed by atoms with van der Waals surface area (Å²) in [5, 5.41) is 9.83. The lowest BCUT2D eigenvalue weighted by Crippen LogP contribution is -2.26. The lowest BCUT2D eigenvalue weighted by molar-refractivity contribution is 0.0943. The topological polar surface area (TPSA) is 114 Å². The molecule has 0 radical (unpaired) electrons. The van der Waals surface area contributed by atoms with E-state index in [2.05, 4.69) is 10.6 Å². The molecule has 2 N–H and O–H groups in total. The molecule has 0 aliphatic heterocycles. The standard InChI is InChI=1S/C46H46Cl2N2O8/c1-25-19-31-33(23-35(53-3)43(57-7)39(31)45(51)49-17-15-27-11-9-13-29(47)21-27)41(55-5)37(25)38-26(2)20-32-34(42(38)56-6)24-36(54-4)44(58-8)40(32)46(52)50-18-16-28-12-10-14-30(48)22-28/h9-14,19-24H,15-18H2,1-8H3,(H,49,51)(H,50,52). The van der Waals surface area contributed by atoms with Crippen LogP contribution in [-0.4, -0.2) is 67.6 Å². The Hall–Kier alpha value is -5.84. The highest BCUT2D eigenvalue weighted by Crippen LogP contribution is 2.52. The van der Waals surface area contributed by atoms with Gasteiger partial charge in [-0.25, -0.2) is 0 Å². The van der Waals surface area contributed by atoms with Crippen molar-refractivity contribution in [1.82, 2.24) is 10.6 Å². The number of carbonyl (C=O) groups excluding carboxylic acids is 2. The molecule has 2 amide bonds. The Bertz CT molecular complexity index is 2360. The molecule has 58 heavy (non-hydrogen) atoms. The number of rotatable bonds is 15. The molecule has 0 heterocycles. The van der Waals surface area contributed by atoms with E-state index in [0.717, 1.165) is 33.4 Å². The summed E-state index contributed by atoms with van der Waals surface area (Å²) in [5.41, 5.74) is 5.65. The molecule has 302 valence electrons. The van der Waals surface area contributed by atoms with Crippen molar-refractivity contribution in [1.29, 1.82) is 0 Å². The zero-order valence-electron chi connectivity index (χ0n) is 33.8. The molecule has 0 aromatic heterocycles. The van der Waals surface area contributed by atoms with E-state index in [4.69, 9.17) is 51.6 Å². The van der Waals surface area contributed by atoms with Crippen molar-refractivity contribution in [3.8, 4) is 45.6 Å². The molecule has 0 fully saturated rings. The summed E-state index contributed by atoms with van der Waals surface area (Å²) in [5.74, 6) is 1.60. The van der Waals surface area contributed by atoms with E-state index in [1.165, 1.54) is 28.4 Å². The number of halogens is 2. The van der Waals surface area contributed by atoms with Gasteiger partial charge in [-0.1, -0.05) is 47.5 Å². The van der Waals surface area contributed by atoms with Gasteiger partial charge in [0.25, 0.3) is 11.8 Å². The van der Waals surface area contributed by atoms with Crippen molar-refractivity contribution in [2.24, 2.45) is 0 Å². The SMILES string of the molecule is COc1cc2c(OC)c(-c3c(C)cc4c(C(=O)NCCc5cccc(Cl)c5)c(OC)c(OC)cc4c3OC)c(C)cc2c(C(=O)NCCc2cccc(Cl)c2)c1OC. The second-order valence-corrected chi connectivity index (χ2v) is 14.5. The highest BCUT2D eigenvalue weighted by molar-refractivity contribution is 6.31. The molecule has 0 atom stereocenters. The number of amides is 2. The molecular weight excluding hydrogens is 779 g/mol. The molecule has 6 rings (SSSR count). The lowest BCUT2D eigenvalue weighted by Gasteiger charge is -2.24. The highest BCUT2D eigenvalue weighted by Gasteiger charge is 2.30. The number of fused-ring (bicyclic) bond motifs is 2. The third-order valence-corrected chi connectivity index (χ3v) is 10.6. The second-order valence-electron chi connectivity index (χ2n) is 13.6. The average Bonchev–Trinajstić information content (AvgIpc) is 3.21. The Morgan fingerprint density at radius 3 is 1.21 bits per heavy atom. The van der Waals surface area contributed by atoms with Crippen LogP contribution in [0.2, 0.25) is 10.0 Å². The van der Waals surface area contributed by atoms with E-state index in [1.54, 1.807) is 26.4 Å². The summed E-state index contributed by atoms with van der Waals surface area (Å²) in [7, 11) is 9.23. The summed E-state index contributed by atoms with van der Waals surface area (Å²) in [6.45, 7) is 4.62. The van der Waals surface area contributed by atoms with Crippen molar-refractivity contribution < 1.29 is 38.0 Å². The predicted octanol–water partition coefficient (Wildman–Crippen LogP) is 9.58. The van der Waals surface area contributed by atoms with Gasteiger partial charge in [0.15, 0.2) is 23.0 Å². The largest absolute Gasteiger partial charge is 0.495 e. The fraction of sp³-hybridized carbons (Fsp3) is 0.261. The maximum atomic E-state index is 14.1. The minimum Gasteiger partial charge on any atom is -0.495 e. The Morgan fingerprint density at radius 1 is 0.500 bits per heavy atom. The van der Waals surface area contributed by atoms with E-state index in [9.17, 15) is 9.59 Å². The molecular formula is C46H46Cl2N2O8. The first kappa shape index (κ1) is 41.8. The van der Waals surface area contributed by atoms with Crippen LogP contribution in [-0.2, 0) is 12.8 Å². The molecule has 6 aromatic rings. The van der Waals surface area contributed by atoms with Crippen LogP contribution in [0.4, 0.5) is 0 Å². The first-order valence-corrected chi connectivity index (χ1v) is 19.3. The summed E-state index contributed by atoms with van der Waals surface area (Å²) in [6, 6.07) is 22.6. The third-order valence-electron chi connectivity index (χ3n) is 10.2. The van der Waals surface area contributed by atoms with Crippen LogP contribution < -0.4 is 39.1 Å². The molecule has 0 unspecified atom stereocenters. The smallest absolute Gasteiger partial charge is 0.255 e. The zero-order valence-corrected chi connectivity index (χ0v) is 35.3. The zero-order chi connectivity index (χ0) is 41.7. The molecule has 0 aliphatic rings. The van der Waals surface area contributed by atoms with Crippen molar-refractivity contribution in [3.63, 3.8) is 0 Å². The molecule has 0 spiro atoms. The van der Waals surface area contributed by atoms with Gasteiger partial charge in [-0.15, -0.1) is 0 Å². The summed E-state index contributed by atoms with van der Waals surface area (Å²) in [6.07, 6.45) is 1.15. The van der Waals surface area contributed by atoms with Crippen molar-refractivity contribution in [3.05, 3.63) is 116 Å². The van der Waals surface area contributed by atoms with Crippen molar-refractivity contribution >= 4 is 56.6 Å². The molecule has 10 nitrogen and oxygen atoms in total. The number of methoxy groups -OCH3 is 6. The monoisotopic (exact) mass is 824 g/mol. The van der Waals surface area contributed by atoms with E-state index < -0.39 is 0 Å². The van der Waals surface area contributed by atoms with Crippen LogP contribution >= 0.6 is 23.2 Å². The Labute approximate surface area is 348 Å². The third kappa shape index (κ3) is 8.12. The highest BCUT2D eigenvalue weighted by atomic mass is 35.5. The number of nitrogens with one attached hydrogen (secondary N) is 2. The van der Waals surface area contributed by atoms with Gasteiger partial charge in [0.05, 0.1) is 53.8 Å². The number of hydrogen-bond donors (Lipinski definition) is 2. The molecule has 12 heteroatoms. The molecule has 0 bridgehead atoms. The molecule has 0 saturated heterocycles. The van der Waals surface area contributed by atoms with Gasteiger partial charge in [-0.2, -0.15) is 0 Å². The van der Waals surface area contributed by atoms with Gasteiger partial charge in [0.2, 0.25) is 0 Å². The summed E-state index contributed by atoms with van der Waals surface area (Å²) in [4.78, 5) is 28.2. The van der Waals surface area contributed by atoms with Gasteiger partial charge in [0, 0.05) is 55.8 Å². The van der Waals surface area contributed by atoms with Gasteiger partial charge < -0.3 is 39.1 Å². The molecule has 0 saturated carbocycles. The van der Waals surface area contributed by atoms with E-state index in [1.807, 2.05) is 74.5 Å². The number of ether oxygens (including phenoxy) is 6. The van der Waals surface area contributed by atoms with Crippen LogP contribution in [0.5, 0.6) is 34.5 Å². The fourth-order valence-electron chi connectivity index (χ4n) is 7.60. The van der Waals surface area contributed by atoms with Crippen LogP contribution in [0.15, 0.2) is 72.8 Å². The number of hydrogen-bond acceptors (Lipinski definition) is 8. The normalized spacial score (nSPS) is 11.0. The van der Waals surface area contributed by atoms with Crippen molar-refractivity contribution in [2.45, 2.75) is 26.7 Å². The van der Waals surface area contributed by atoms with Gasteiger partial charge in [-0.3, -0.25) is 9.59 Å². The van der Waals surface area contributed by atoms with E-state index in [-0.39, 0.29) is 11.8 Å². The predicted molar refractivity (Wildman–Crippen MR) is 231 cm³/mol. The Balaban J connectivity index is 1.50. The quantitative estimate of drug-likeness (QED) is 0.105.